The van der Waals surface area contributed by atoms with Crippen LogP contribution in [0.2, 0.25) is 0 Å². The molecule has 27 heavy (non-hydrogen) atoms. The maximum atomic E-state index is 13.2. The van der Waals surface area contributed by atoms with E-state index in [0.717, 1.165) is 17.0 Å². The number of carbonyl (C=O) groups excluding carboxylic acids is 1. The van der Waals surface area contributed by atoms with Crippen LogP contribution in [0.5, 0.6) is 5.75 Å². The molecule has 146 valence electrons. The molecule has 5 nitrogen and oxygen atoms in total. The van der Waals surface area contributed by atoms with Gasteiger partial charge in [0.25, 0.3) is 0 Å². The van der Waals surface area contributed by atoms with Crippen molar-refractivity contribution in [3.05, 3.63) is 59.7 Å². The van der Waals surface area contributed by atoms with E-state index >= 15 is 0 Å². The predicted molar refractivity (Wildman–Crippen MR) is 110 cm³/mol. The Balaban J connectivity index is 0.00000261. The molecule has 0 bridgehead atoms. The molecule has 0 unspecified atom stereocenters. The van der Waals surface area contributed by atoms with Crippen LogP contribution in [0.1, 0.15) is 24.0 Å². The van der Waals surface area contributed by atoms with Gasteiger partial charge in [-0.05, 0) is 49.6 Å². The summed E-state index contributed by atoms with van der Waals surface area (Å²) in [5.74, 6) is 0.757. The molecule has 3 rings (SSSR count). The van der Waals surface area contributed by atoms with Crippen LogP contribution in [-0.2, 0) is 14.9 Å². The Morgan fingerprint density at radius 3 is 2.33 bits per heavy atom. The van der Waals surface area contributed by atoms with Gasteiger partial charge in [0.05, 0.1) is 5.41 Å². The van der Waals surface area contributed by atoms with Crippen molar-refractivity contribution < 1.29 is 14.3 Å². The number of carbonyl (C=O) groups is 1. The topological polar surface area (TPSA) is 73.6 Å². The highest BCUT2D eigenvalue weighted by Crippen LogP contribution is 2.36. The summed E-state index contributed by atoms with van der Waals surface area (Å²) in [6, 6.07) is 15.6. The first kappa shape index (κ1) is 21.2. The van der Waals surface area contributed by atoms with Crippen molar-refractivity contribution >= 4 is 24.0 Å². The van der Waals surface area contributed by atoms with Gasteiger partial charge in [-0.2, -0.15) is 0 Å². The van der Waals surface area contributed by atoms with Gasteiger partial charge in [0.15, 0.2) is 0 Å². The Labute approximate surface area is 166 Å². The second kappa shape index (κ2) is 9.74. The SMILES string of the molecule is Cc1ccc(C2(C(=O)Nc3ccc(OCCN)cc3)CCOCC2)cc1.Cl. The van der Waals surface area contributed by atoms with Gasteiger partial charge in [0.2, 0.25) is 5.91 Å². The number of benzene rings is 2. The number of nitrogens with one attached hydrogen (secondary N) is 1. The molecule has 3 N–H and O–H groups in total. The zero-order chi connectivity index (χ0) is 18.4. The molecule has 0 atom stereocenters. The molecular formula is C21H27ClN2O3. The standard InChI is InChI=1S/C21H26N2O3.ClH/c1-16-2-4-17(5-3-16)21(10-13-25-14-11-21)20(24)23-18-6-8-19(9-7-18)26-15-12-22;/h2-9H,10-15,22H2,1H3,(H,23,24);1H. The first-order chi connectivity index (χ1) is 12.6. The normalized spacial score (nSPS) is 15.5. The molecule has 1 fully saturated rings. The molecule has 0 spiro atoms. The minimum atomic E-state index is -0.555. The summed E-state index contributed by atoms with van der Waals surface area (Å²) in [5.41, 5.74) is 7.88. The van der Waals surface area contributed by atoms with E-state index in [-0.39, 0.29) is 18.3 Å². The van der Waals surface area contributed by atoms with E-state index in [1.807, 2.05) is 24.3 Å². The quantitative estimate of drug-likeness (QED) is 0.792. The molecule has 0 radical (unpaired) electrons. The second-order valence-electron chi connectivity index (χ2n) is 6.68. The Morgan fingerprint density at radius 1 is 1.11 bits per heavy atom. The van der Waals surface area contributed by atoms with Crippen molar-refractivity contribution in [3.8, 4) is 5.75 Å². The minimum Gasteiger partial charge on any atom is -0.492 e. The summed E-state index contributed by atoms with van der Waals surface area (Å²) in [5, 5.41) is 3.07. The number of ether oxygens (including phenoxy) is 2. The number of aryl methyl sites for hydroxylation is 1. The first-order valence-electron chi connectivity index (χ1n) is 9.03. The fraction of sp³-hybridized carbons (Fsp3) is 0.381. The van der Waals surface area contributed by atoms with Crippen molar-refractivity contribution in [2.45, 2.75) is 25.2 Å². The molecule has 1 saturated heterocycles. The van der Waals surface area contributed by atoms with Gasteiger partial charge >= 0.3 is 0 Å². The fourth-order valence-corrected chi connectivity index (χ4v) is 3.30. The molecule has 6 heteroatoms. The number of rotatable bonds is 6. The summed E-state index contributed by atoms with van der Waals surface area (Å²) in [6.07, 6.45) is 1.36. The molecule has 1 amide bonds. The van der Waals surface area contributed by atoms with Crippen LogP contribution in [0.3, 0.4) is 0 Å². The number of anilines is 1. The van der Waals surface area contributed by atoms with Crippen LogP contribution < -0.4 is 15.8 Å². The van der Waals surface area contributed by atoms with Crippen molar-refractivity contribution in [2.24, 2.45) is 5.73 Å². The molecule has 2 aromatic carbocycles. The lowest BCUT2D eigenvalue weighted by molar-refractivity contribution is -0.125. The van der Waals surface area contributed by atoms with E-state index in [0.29, 0.717) is 39.2 Å². The first-order valence-corrected chi connectivity index (χ1v) is 9.03. The van der Waals surface area contributed by atoms with Crippen LogP contribution in [-0.4, -0.2) is 32.3 Å². The van der Waals surface area contributed by atoms with E-state index in [1.165, 1.54) is 5.56 Å². The van der Waals surface area contributed by atoms with Crippen LogP contribution in [0, 0.1) is 6.92 Å². The maximum absolute atomic E-state index is 13.2. The smallest absolute Gasteiger partial charge is 0.235 e. The minimum absolute atomic E-state index is 0. The lowest BCUT2D eigenvalue weighted by Crippen LogP contribution is -2.44. The molecule has 1 heterocycles. The van der Waals surface area contributed by atoms with Crippen molar-refractivity contribution in [3.63, 3.8) is 0 Å². The molecule has 1 aliphatic rings. The van der Waals surface area contributed by atoms with Crippen LogP contribution in [0.25, 0.3) is 0 Å². The zero-order valence-electron chi connectivity index (χ0n) is 15.6. The van der Waals surface area contributed by atoms with E-state index in [9.17, 15) is 4.79 Å². The number of hydrogen-bond acceptors (Lipinski definition) is 4. The third kappa shape index (κ3) is 5.01. The number of nitrogens with two attached hydrogens (primary N) is 1. The van der Waals surface area contributed by atoms with E-state index in [4.69, 9.17) is 15.2 Å². The molecular weight excluding hydrogens is 364 g/mol. The summed E-state index contributed by atoms with van der Waals surface area (Å²) in [4.78, 5) is 13.2. The van der Waals surface area contributed by atoms with E-state index < -0.39 is 5.41 Å². The van der Waals surface area contributed by atoms with Gasteiger partial charge in [-0.15, -0.1) is 12.4 Å². The van der Waals surface area contributed by atoms with E-state index in [1.54, 1.807) is 0 Å². The maximum Gasteiger partial charge on any atom is 0.235 e. The predicted octanol–water partition coefficient (Wildman–Crippen LogP) is 3.44. The van der Waals surface area contributed by atoms with Gasteiger partial charge in [0, 0.05) is 25.4 Å². The highest BCUT2D eigenvalue weighted by Gasteiger charge is 2.41. The van der Waals surface area contributed by atoms with Crippen LogP contribution >= 0.6 is 12.4 Å². The Morgan fingerprint density at radius 2 is 1.74 bits per heavy atom. The van der Waals surface area contributed by atoms with Crippen LogP contribution in [0.4, 0.5) is 5.69 Å². The van der Waals surface area contributed by atoms with Crippen molar-refractivity contribution in [1.29, 1.82) is 0 Å². The van der Waals surface area contributed by atoms with Gasteiger partial charge in [0.1, 0.15) is 12.4 Å². The average Bonchev–Trinajstić information content (AvgIpc) is 2.68. The highest BCUT2D eigenvalue weighted by atomic mass is 35.5. The summed E-state index contributed by atoms with van der Waals surface area (Å²) in [7, 11) is 0. The second-order valence-corrected chi connectivity index (χ2v) is 6.68. The molecule has 0 aliphatic carbocycles. The molecule has 0 aromatic heterocycles. The highest BCUT2D eigenvalue weighted by molar-refractivity contribution is 5.99. The van der Waals surface area contributed by atoms with Gasteiger partial charge in [-0.3, -0.25) is 4.79 Å². The third-order valence-electron chi connectivity index (χ3n) is 4.88. The third-order valence-corrected chi connectivity index (χ3v) is 4.88. The lowest BCUT2D eigenvalue weighted by Gasteiger charge is -2.36. The largest absolute Gasteiger partial charge is 0.492 e. The fourth-order valence-electron chi connectivity index (χ4n) is 3.30. The summed E-state index contributed by atoms with van der Waals surface area (Å²) < 4.78 is 11.0. The number of amides is 1. The molecule has 0 saturated carbocycles. The Hall–Kier alpha value is -2.08. The van der Waals surface area contributed by atoms with Crippen molar-refractivity contribution in [1.82, 2.24) is 0 Å². The monoisotopic (exact) mass is 390 g/mol. The number of hydrogen-bond donors (Lipinski definition) is 2. The Kier molecular flexibility index (Phi) is 7.66. The molecule has 1 aliphatic heterocycles. The van der Waals surface area contributed by atoms with Gasteiger partial charge in [-0.25, -0.2) is 0 Å². The van der Waals surface area contributed by atoms with Crippen molar-refractivity contribution in [2.75, 3.05) is 31.7 Å². The summed E-state index contributed by atoms with van der Waals surface area (Å²) >= 11 is 0. The van der Waals surface area contributed by atoms with E-state index in [2.05, 4.69) is 36.5 Å². The van der Waals surface area contributed by atoms with Gasteiger partial charge < -0.3 is 20.5 Å². The van der Waals surface area contributed by atoms with Crippen LogP contribution in [0.15, 0.2) is 48.5 Å². The Bertz CT molecular complexity index is 726. The average molecular weight is 391 g/mol. The number of halogens is 1. The van der Waals surface area contributed by atoms with Gasteiger partial charge in [-0.1, -0.05) is 29.8 Å². The zero-order valence-corrected chi connectivity index (χ0v) is 16.4. The summed E-state index contributed by atoms with van der Waals surface area (Å²) in [6.45, 7) is 4.18. The lowest BCUT2D eigenvalue weighted by atomic mass is 9.73. The molecule has 2 aromatic rings.